The molecule has 4 aromatic rings. The molecular weight excluding hydrogens is 436 g/mol. The largest absolute Gasteiger partial charge is 0.332 e. The lowest BCUT2D eigenvalue weighted by atomic mass is 9.92. The number of amides is 2. The van der Waals surface area contributed by atoms with Gasteiger partial charge in [-0.05, 0) is 24.1 Å². The van der Waals surface area contributed by atoms with Gasteiger partial charge in [0.2, 0.25) is 0 Å². The maximum absolute atomic E-state index is 13.2. The van der Waals surface area contributed by atoms with E-state index in [1.54, 1.807) is 10.9 Å². The molecule has 5 rings (SSSR count). The minimum absolute atomic E-state index is 0.0525. The molecule has 0 atom stereocenters. The van der Waals surface area contributed by atoms with E-state index in [1.807, 2.05) is 52.2 Å². The van der Waals surface area contributed by atoms with Crippen molar-refractivity contribution in [1.29, 1.82) is 0 Å². The highest BCUT2D eigenvalue weighted by Crippen LogP contribution is 2.31. The fourth-order valence-electron chi connectivity index (χ4n) is 4.08. The Morgan fingerprint density at radius 2 is 2.03 bits per heavy atom. The Bertz CT molecular complexity index is 1370. The van der Waals surface area contributed by atoms with Crippen molar-refractivity contribution in [3.8, 4) is 0 Å². The number of carbonyl (C=O) groups excluding carboxylic acids is 2. The molecule has 1 aliphatic heterocycles. The van der Waals surface area contributed by atoms with Crippen molar-refractivity contribution in [2.75, 3.05) is 11.9 Å². The van der Waals surface area contributed by atoms with Crippen molar-refractivity contribution in [2.24, 2.45) is 7.05 Å². The number of anilines is 1. The Labute approximate surface area is 195 Å². The van der Waals surface area contributed by atoms with Crippen LogP contribution in [-0.4, -0.2) is 42.4 Å². The van der Waals surface area contributed by atoms with Crippen molar-refractivity contribution in [1.82, 2.24) is 24.1 Å². The maximum atomic E-state index is 13.2. The average molecular weight is 463 g/mol. The minimum Gasteiger partial charge on any atom is -0.332 e. The van der Waals surface area contributed by atoms with Gasteiger partial charge in [-0.2, -0.15) is 5.10 Å². The topological polar surface area (TPSA) is 84.5 Å². The normalized spacial score (nSPS) is 13.9. The molecule has 170 valence electrons. The van der Waals surface area contributed by atoms with Gasteiger partial charge >= 0.3 is 0 Å². The number of carbonyl (C=O) groups is 2. The first-order valence-corrected chi connectivity index (χ1v) is 11.8. The van der Waals surface area contributed by atoms with E-state index in [0.29, 0.717) is 36.6 Å². The lowest BCUT2D eigenvalue weighted by molar-refractivity contribution is 0.0730. The summed E-state index contributed by atoms with van der Waals surface area (Å²) in [7, 11) is 1.83. The molecule has 0 radical (unpaired) electrons. The van der Waals surface area contributed by atoms with Crippen LogP contribution in [0.15, 0.2) is 42.0 Å². The summed E-state index contributed by atoms with van der Waals surface area (Å²) >= 11 is 1.53. The summed E-state index contributed by atoms with van der Waals surface area (Å²) in [5, 5.41) is 9.43. The second kappa shape index (κ2) is 7.84. The SMILES string of the molecule is Cn1nc(C(C)(C)C)cc1NC(=O)c1csc2c1CCN(C(=O)c1cnc3ccccn13)C2. The highest BCUT2D eigenvalue weighted by molar-refractivity contribution is 7.10. The predicted molar refractivity (Wildman–Crippen MR) is 128 cm³/mol. The maximum Gasteiger partial charge on any atom is 0.272 e. The van der Waals surface area contributed by atoms with E-state index < -0.39 is 0 Å². The van der Waals surface area contributed by atoms with Gasteiger partial charge in [0.25, 0.3) is 11.8 Å². The van der Waals surface area contributed by atoms with Crippen LogP contribution in [0.4, 0.5) is 5.82 Å². The Kier molecular flexibility index (Phi) is 5.08. The number of rotatable bonds is 3. The molecule has 0 saturated heterocycles. The van der Waals surface area contributed by atoms with Crippen LogP contribution < -0.4 is 5.32 Å². The van der Waals surface area contributed by atoms with Gasteiger partial charge in [0.1, 0.15) is 17.2 Å². The quantitative estimate of drug-likeness (QED) is 0.501. The number of nitrogens with one attached hydrogen (secondary N) is 1. The number of hydrogen-bond donors (Lipinski definition) is 1. The minimum atomic E-state index is -0.141. The van der Waals surface area contributed by atoms with E-state index in [2.05, 4.69) is 36.2 Å². The van der Waals surface area contributed by atoms with Crippen LogP contribution in [0.25, 0.3) is 5.65 Å². The number of aryl methyl sites for hydroxylation is 1. The van der Waals surface area contributed by atoms with Crippen molar-refractivity contribution in [3.05, 3.63) is 69.4 Å². The molecule has 0 bridgehead atoms. The van der Waals surface area contributed by atoms with Crippen LogP contribution in [0.5, 0.6) is 0 Å². The molecule has 0 spiro atoms. The molecule has 1 N–H and O–H groups in total. The molecule has 2 amide bonds. The van der Waals surface area contributed by atoms with E-state index in [1.165, 1.54) is 11.3 Å². The fourth-order valence-corrected chi connectivity index (χ4v) is 5.17. The molecular formula is C24H26N6O2S. The Balaban J connectivity index is 1.33. The number of pyridine rings is 1. The van der Waals surface area contributed by atoms with Gasteiger partial charge in [0, 0.05) is 41.5 Å². The highest BCUT2D eigenvalue weighted by Gasteiger charge is 2.29. The van der Waals surface area contributed by atoms with Gasteiger partial charge in [-0.15, -0.1) is 11.3 Å². The molecule has 0 fully saturated rings. The molecule has 0 saturated carbocycles. The highest BCUT2D eigenvalue weighted by atomic mass is 32.1. The summed E-state index contributed by atoms with van der Waals surface area (Å²) in [6, 6.07) is 7.59. The van der Waals surface area contributed by atoms with Gasteiger partial charge in [0.05, 0.1) is 24.0 Å². The second-order valence-corrected chi connectivity index (χ2v) is 10.3. The number of fused-ring (bicyclic) bond motifs is 2. The monoisotopic (exact) mass is 462 g/mol. The van der Waals surface area contributed by atoms with Crippen molar-refractivity contribution in [2.45, 2.75) is 39.2 Å². The molecule has 1 aliphatic rings. The van der Waals surface area contributed by atoms with Gasteiger partial charge in [-0.1, -0.05) is 26.8 Å². The lowest BCUT2D eigenvalue weighted by Gasteiger charge is -2.27. The van der Waals surface area contributed by atoms with E-state index in [-0.39, 0.29) is 17.2 Å². The first-order chi connectivity index (χ1) is 15.7. The summed E-state index contributed by atoms with van der Waals surface area (Å²) in [4.78, 5) is 33.4. The molecule has 0 aliphatic carbocycles. The van der Waals surface area contributed by atoms with Gasteiger partial charge in [0.15, 0.2) is 0 Å². The first-order valence-electron chi connectivity index (χ1n) is 10.9. The van der Waals surface area contributed by atoms with Gasteiger partial charge in [-0.25, -0.2) is 4.98 Å². The third-order valence-corrected chi connectivity index (χ3v) is 7.02. The Morgan fingerprint density at radius 3 is 2.79 bits per heavy atom. The number of imidazole rings is 1. The summed E-state index contributed by atoms with van der Waals surface area (Å²) < 4.78 is 3.51. The zero-order valence-electron chi connectivity index (χ0n) is 19.1. The number of aromatic nitrogens is 4. The van der Waals surface area contributed by atoms with E-state index in [9.17, 15) is 9.59 Å². The molecule has 5 heterocycles. The van der Waals surface area contributed by atoms with Crippen LogP contribution in [-0.2, 0) is 25.4 Å². The standard InChI is InChI=1S/C24H26N6O2S/c1-24(2,3)19-11-21(28(4)27-19)26-22(31)16-14-33-18-13-29(10-8-15(16)18)23(32)17-12-25-20-7-5-6-9-30(17)20/h5-7,9,11-12,14H,8,10,13H2,1-4H3,(H,26,31). The van der Waals surface area contributed by atoms with E-state index in [4.69, 9.17) is 0 Å². The third-order valence-electron chi connectivity index (χ3n) is 6.00. The molecule has 33 heavy (non-hydrogen) atoms. The third kappa shape index (κ3) is 3.82. The summed E-state index contributed by atoms with van der Waals surface area (Å²) in [6.07, 6.45) is 4.12. The van der Waals surface area contributed by atoms with Crippen LogP contribution in [0.3, 0.4) is 0 Å². The van der Waals surface area contributed by atoms with Crippen molar-refractivity contribution >= 4 is 34.6 Å². The zero-order valence-corrected chi connectivity index (χ0v) is 19.9. The summed E-state index contributed by atoms with van der Waals surface area (Å²) in [5.41, 5.74) is 3.83. The molecule has 8 nitrogen and oxygen atoms in total. The van der Waals surface area contributed by atoms with Gasteiger partial charge in [-0.3, -0.25) is 18.7 Å². The second-order valence-electron chi connectivity index (χ2n) is 9.34. The Hall–Kier alpha value is -3.46. The molecule has 0 unspecified atom stereocenters. The predicted octanol–water partition coefficient (Wildman–Crippen LogP) is 3.88. The summed E-state index contributed by atoms with van der Waals surface area (Å²) in [5.74, 6) is 0.478. The molecule has 4 aromatic heterocycles. The number of nitrogens with zero attached hydrogens (tertiary/aromatic N) is 5. The van der Waals surface area contributed by atoms with Crippen LogP contribution in [0.2, 0.25) is 0 Å². The fraction of sp³-hybridized carbons (Fsp3) is 0.333. The van der Waals surface area contributed by atoms with E-state index in [0.717, 1.165) is 21.8 Å². The summed E-state index contributed by atoms with van der Waals surface area (Å²) in [6.45, 7) is 7.33. The van der Waals surface area contributed by atoms with Crippen LogP contribution in [0, 0.1) is 0 Å². The van der Waals surface area contributed by atoms with Crippen LogP contribution in [0.1, 0.15) is 57.8 Å². The molecule has 0 aromatic carbocycles. The molecule has 9 heteroatoms. The van der Waals surface area contributed by atoms with Gasteiger partial charge < -0.3 is 10.2 Å². The van der Waals surface area contributed by atoms with Crippen molar-refractivity contribution in [3.63, 3.8) is 0 Å². The number of thiophene rings is 1. The van der Waals surface area contributed by atoms with E-state index >= 15 is 0 Å². The lowest BCUT2D eigenvalue weighted by Crippen LogP contribution is -2.36. The Morgan fingerprint density at radius 1 is 1.21 bits per heavy atom. The average Bonchev–Trinajstić information content (AvgIpc) is 3.49. The smallest absolute Gasteiger partial charge is 0.272 e. The number of hydrogen-bond acceptors (Lipinski definition) is 5. The van der Waals surface area contributed by atoms with Crippen LogP contribution >= 0.6 is 11.3 Å². The zero-order chi connectivity index (χ0) is 23.3. The first kappa shape index (κ1) is 21.4. The van der Waals surface area contributed by atoms with Crippen molar-refractivity contribution < 1.29 is 9.59 Å².